The van der Waals surface area contributed by atoms with E-state index >= 15 is 0 Å². The van der Waals surface area contributed by atoms with Crippen LogP contribution in [0.1, 0.15) is 5.56 Å². The van der Waals surface area contributed by atoms with E-state index in [1.807, 2.05) is 60.7 Å². The SMILES string of the molecule is COc1ccc(S(=O)(=O)NNC(=O)Cc2ccc(Nc3nc(-c4ccccc4)n(-c4ccccc4)n3)cc2)cc1. The largest absolute Gasteiger partial charge is 0.497 e. The maximum atomic E-state index is 12.4. The van der Waals surface area contributed by atoms with E-state index in [0.717, 1.165) is 16.9 Å². The predicted octanol–water partition coefficient (Wildman–Crippen LogP) is 4.24. The van der Waals surface area contributed by atoms with Gasteiger partial charge in [-0.3, -0.25) is 10.2 Å². The first-order valence-corrected chi connectivity index (χ1v) is 13.8. The summed E-state index contributed by atoms with van der Waals surface area (Å²) in [5, 5.41) is 7.87. The smallest absolute Gasteiger partial charge is 0.257 e. The molecule has 0 atom stereocenters. The third-order valence-electron chi connectivity index (χ3n) is 5.91. The van der Waals surface area contributed by atoms with Crippen molar-refractivity contribution in [3.8, 4) is 22.8 Å². The second-order valence-corrected chi connectivity index (χ2v) is 10.4. The van der Waals surface area contributed by atoms with Gasteiger partial charge in [0.2, 0.25) is 11.9 Å². The summed E-state index contributed by atoms with van der Waals surface area (Å²) in [6, 6.07) is 32.5. The van der Waals surface area contributed by atoms with Crippen molar-refractivity contribution in [2.24, 2.45) is 0 Å². The van der Waals surface area contributed by atoms with Crippen LogP contribution in [0, 0.1) is 0 Å². The van der Waals surface area contributed by atoms with Crippen molar-refractivity contribution >= 4 is 27.6 Å². The van der Waals surface area contributed by atoms with Gasteiger partial charge in [0.05, 0.1) is 24.1 Å². The van der Waals surface area contributed by atoms with Crippen molar-refractivity contribution < 1.29 is 17.9 Å². The number of hydrogen-bond donors (Lipinski definition) is 3. The summed E-state index contributed by atoms with van der Waals surface area (Å²) in [6.45, 7) is 0. The Morgan fingerprint density at radius 1 is 0.850 bits per heavy atom. The molecule has 40 heavy (non-hydrogen) atoms. The van der Waals surface area contributed by atoms with Crippen LogP contribution in [-0.2, 0) is 21.2 Å². The number of anilines is 2. The number of benzene rings is 4. The third kappa shape index (κ3) is 6.34. The van der Waals surface area contributed by atoms with Crippen LogP contribution in [0.3, 0.4) is 0 Å². The summed E-state index contributed by atoms with van der Waals surface area (Å²) in [5.41, 5.74) is 5.48. The lowest BCUT2D eigenvalue weighted by Crippen LogP contribution is -2.42. The summed E-state index contributed by atoms with van der Waals surface area (Å²) in [4.78, 5) is 19.2. The molecule has 3 N–H and O–H groups in total. The van der Waals surface area contributed by atoms with Crippen molar-refractivity contribution in [3.05, 3.63) is 115 Å². The molecule has 1 heterocycles. The topological polar surface area (TPSA) is 127 Å². The number of hydrazine groups is 1. The summed E-state index contributed by atoms with van der Waals surface area (Å²) < 4.78 is 31.7. The van der Waals surface area contributed by atoms with E-state index in [-0.39, 0.29) is 11.3 Å². The molecule has 0 bridgehead atoms. The Hall–Kier alpha value is -5.00. The van der Waals surface area contributed by atoms with Gasteiger partial charge in [0, 0.05) is 11.3 Å². The van der Waals surface area contributed by atoms with Gasteiger partial charge in [0.15, 0.2) is 5.82 Å². The van der Waals surface area contributed by atoms with E-state index < -0.39 is 15.9 Å². The second-order valence-electron chi connectivity index (χ2n) is 8.70. The van der Waals surface area contributed by atoms with Crippen molar-refractivity contribution in [3.63, 3.8) is 0 Å². The molecule has 1 aromatic heterocycles. The molecule has 11 heteroatoms. The molecule has 0 radical (unpaired) electrons. The zero-order valence-corrected chi connectivity index (χ0v) is 22.3. The number of methoxy groups -OCH3 is 1. The molecule has 202 valence electrons. The summed E-state index contributed by atoms with van der Waals surface area (Å²) in [5.74, 6) is 1.13. The molecule has 1 amide bonds. The normalized spacial score (nSPS) is 11.1. The third-order valence-corrected chi connectivity index (χ3v) is 7.17. The summed E-state index contributed by atoms with van der Waals surface area (Å²) >= 11 is 0. The Morgan fingerprint density at radius 2 is 1.50 bits per heavy atom. The van der Waals surface area contributed by atoms with Crippen LogP contribution >= 0.6 is 0 Å². The average molecular weight is 555 g/mol. The molecule has 0 saturated carbocycles. The van der Waals surface area contributed by atoms with Gasteiger partial charge in [-0.2, -0.15) is 4.98 Å². The standard InChI is InChI=1S/C29H26N6O4S/c1-39-25-16-18-26(19-17-25)40(37,38)34-32-27(36)20-21-12-14-23(15-13-21)30-29-31-28(22-8-4-2-5-9-22)35(33-29)24-10-6-3-7-11-24/h2-19,34H,20H2,1H3,(H,30,33)(H,32,36). The zero-order valence-electron chi connectivity index (χ0n) is 21.5. The number of ether oxygens (including phenoxy) is 1. The fraction of sp³-hybridized carbons (Fsp3) is 0.0690. The number of hydrogen-bond acceptors (Lipinski definition) is 7. The van der Waals surface area contributed by atoms with Crippen LogP contribution in [-0.4, -0.2) is 36.2 Å². The van der Waals surface area contributed by atoms with Crippen molar-refractivity contribution in [2.45, 2.75) is 11.3 Å². The first-order valence-electron chi connectivity index (χ1n) is 12.3. The Balaban J connectivity index is 1.23. The molecule has 0 aliphatic heterocycles. The molecule has 5 rings (SSSR count). The van der Waals surface area contributed by atoms with E-state index in [9.17, 15) is 13.2 Å². The van der Waals surface area contributed by atoms with Crippen LogP contribution in [0.15, 0.2) is 114 Å². The minimum Gasteiger partial charge on any atom is -0.497 e. The number of carbonyl (C=O) groups excluding carboxylic acids is 1. The van der Waals surface area contributed by atoms with E-state index in [1.165, 1.54) is 31.4 Å². The van der Waals surface area contributed by atoms with Gasteiger partial charge in [-0.15, -0.1) is 9.93 Å². The highest BCUT2D eigenvalue weighted by atomic mass is 32.2. The fourth-order valence-electron chi connectivity index (χ4n) is 3.89. The number of nitrogens with one attached hydrogen (secondary N) is 3. The second kappa shape index (κ2) is 11.8. The molecule has 0 saturated heterocycles. The summed E-state index contributed by atoms with van der Waals surface area (Å²) in [7, 11) is -2.43. The van der Waals surface area contributed by atoms with Gasteiger partial charge in [-0.1, -0.05) is 60.7 Å². The van der Waals surface area contributed by atoms with E-state index in [1.54, 1.807) is 28.9 Å². The van der Waals surface area contributed by atoms with E-state index in [4.69, 9.17) is 9.72 Å². The van der Waals surface area contributed by atoms with Gasteiger partial charge in [-0.05, 0) is 54.1 Å². The highest BCUT2D eigenvalue weighted by molar-refractivity contribution is 7.89. The molecule has 10 nitrogen and oxygen atoms in total. The first-order chi connectivity index (χ1) is 19.4. The molecule has 5 aromatic rings. The van der Waals surface area contributed by atoms with Gasteiger partial charge >= 0.3 is 0 Å². The number of amides is 1. The van der Waals surface area contributed by atoms with Crippen molar-refractivity contribution in [2.75, 3.05) is 12.4 Å². The Bertz CT molecular complexity index is 1630. The van der Waals surface area contributed by atoms with Crippen LogP contribution in [0.4, 0.5) is 11.6 Å². The molecule has 0 fully saturated rings. The number of aromatic nitrogens is 3. The lowest BCUT2D eigenvalue weighted by molar-refractivity contribution is -0.120. The Morgan fingerprint density at radius 3 is 2.15 bits per heavy atom. The van der Waals surface area contributed by atoms with E-state index in [2.05, 4.69) is 20.7 Å². The first kappa shape index (κ1) is 26.6. The quantitative estimate of drug-likeness (QED) is 0.220. The lowest BCUT2D eigenvalue weighted by Gasteiger charge is -2.09. The van der Waals surface area contributed by atoms with E-state index in [0.29, 0.717) is 23.1 Å². The highest BCUT2D eigenvalue weighted by Gasteiger charge is 2.16. The average Bonchev–Trinajstić information content (AvgIpc) is 3.42. The summed E-state index contributed by atoms with van der Waals surface area (Å²) in [6.07, 6.45) is -0.0234. The number of rotatable bonds is 10. The maximum Gasteiger partial charge on any atom is 0.257 e. The van der Waals surface area contributed by atoms with Gasteiger partial charge < -0.3 is 10.1 Å². The van der Waals surface area contributed by atoms with Gasteiger partial charge in [-0.25, -0.2) is 13.1 Å². The fourth-order valence-corrected chi connectivity index (χ4v) is 4.75. The number of para-hydroxylation sites is 1. The predicted molar refractivity (Wildman–Crippen MR) is 152 cm³/mol. The van der Waals surface area contributed by atoms with Crippen LogP contribution < -0.4 is 20.3 Å². The molecule has 4 aromatic carbocycles. The Labute approximate surface area is 231 Å². The van der Waals surface area contributed by atoms with Crippen LogP contribution in [0.2, 0.25) is 0 Å². The maximum absolute atomic E-state index is 12.4. The number of sulfonamides is 1. The van der Waals surface area contributed by atoms with Crippen LogP contribution in [0.25, 0.3) is 17.1 Å². The lowest BCUT2D eigenvalue weighted by atomic mass is 10.1. The molecular formula is C29H26N6O4S. The van der Waals surface area contributed by atoms with Crippen LogP contribution in [0.5, 0.6) is 5.75 Å². The molecular weight excluding hydrogens is 528 g/mol. The minimum atomic E-state index is -3.92. The molecule has 0 aliphatic rings. The molecule has 0 aliphatic carbocycles. The minimum absolute atomic E-state index is 0.00256. The zero-order chi connectivity index (χ0) is 28.0. The molecule has 0 spiro atoms. The van der Waals surface area contributed by atoms with Gasteiger partial charge in [0.25, 0.3) is 10.0 Å². The van der Waals surface area contributed by atoms with Crippen molar-refractivity contribution in [1.29, 1.82) is 0 Å². The molecule has 0 unspecified atom stereocenters. The van der Waals surface area contributed by atoms with Crippen molar-refractivity contribution in [1.82, 2.24) is 25.0 Å². The number of nitrogens with zero attached hydrogens (tertiary/aromatic N) is 3. The monoisotopic (exact) mass is 554 g/mol. The number of carbonyl (C=O) groups is 1. The Kier molecular flexibility index (Phi) is 7.85. The van der Waals surface area contributed by atoms with Gasteiger partial charge in [0.1, 0.15) is 5.75 Å². The highest BCUT2D eigenvalue weighted by Crippen LogP contribution is 2.24.